The van der Waals surface area contributed by atoms with E-state index in [4.69, 9.17) is 28.3 Å². The third kappa shape index (κ3) is 2.72. The number of halogens is 2. The van der Waals surface area contributed by atoms with Gasteiger partial charge in [-0.2, -0.15) is 0 Å². The molecule has 0 unspecified atom stereocenters. The molecule has 0 amide bonds. The first-order valence-electron chi connectivity index (χ1n) is 3.70. The molecular formula is C9H6Cl2O3. The Labute approximate surface area is 90.3 Å². The average Bonchev–Trinajstić information content (AvgIpc) is 2.01. The number of benzene rings is 1. The highest BCUT2D eigenvalue weighted by Gasteiger charge is 2.13. The predicted octanol–water partition coefficient (Wildman–Crippen LogP) is 2.65. The topological polar surface area (TPSA) is 54.4 Å². The molecule has 0 heterocycles. The standard InChI is InChI=1S/C9H6Cl2O3/c10-5-1-2-6(7(11)3-5)8(12)4-9(13)14/h1-3H,4H2,(H,13,14). The smallest absolute Gasteiger partial charge is 0.311 e. The molecule has 1 aromatic rings. The number of hydrogen-bond acceptors (Lipinski definition) is 2. The van der Waals surface area contributed by atoms with Gasteiger partial charge < -0.3 is 5.11 Å². The summed E-state index contributed by atoms with van der Waals surface area (Å²) in [6.45, 7) is 0. The lowest BCUT2D eigenvalue weighted by Crippen LogP contribution is -2.07. The van der Waals surface area contributed by atoms with E-state index in [1.807, 2.05) is 0 Å². The number of carbonyl (C=O) groups is 2. The van der Waals surface area contributed by atoms with Gasteiger partial charge in [-0.1, -0.05) is 23.2 Å². The number of ketones is 1. The fourth-order valence-corrected chi connectivity index (χ4v) is 1.46. The van der Waals surface area contributed by atoms with Crippen molar-refractivity contribution in [3.63, 3.8) is 0 Å². The zero-order valence-corrected chi connectivity index (χ0v) is 8.47. The number of carboxylic acids is 1. The quantitative estimate of drug-likeness (QED) is 0.644. The minimum Gasteiger partial charge on any atom is -0.481 e. The van der Waals surface area contributed by atoms with Crippen LogP contribution < -0.4 is 0 Å². The molecule has 14 heavy (non-hydrogen) atoms. The highest BCUT2D eigenvalue weighted by molar-refractivity contribution is 6.37. The van der Waals surface area contributed by atoms with Crippen LogP contribution in [-0.4, -0.2) is 16.9 Å². The van der Waals surface area contributed by atoms with Gasteiger partial charge in [0.15, 0.2) is 5.78 Å². The molecule has 74 valence electrons. The van der Waals surface area contributed by atoms with Crippen molar-refractivity contribution in [1.29, 1.82) is 0 Å². The summed E-state index contributed by atoms with van der Waals surface area (Å²) in [5.74, 6) is -1.71. The lowest BCUT2D eigenvalue weighted by Gasteiger charge is -2.01. The summed E-state index contributed by atoms with van der Waals surface area (Å²) in [6.07, 6.45) is -0.568. The Balaban J connectivity index is 2.96. The van der Waals surface area contributed by atoms with Crippen molar-refractivity contribution in [2.75, 3.05) is 0 Å². The van der Waals surface area contributed by atoms with Crippen molar-refractivity contribution < 1.29 is 14.7 Å². The summed E-state index contributed by atoms with van der Waals surface area (Å²) in [5, 5.41) is 8.98. The van der Waals surface area contributed by atoms with E-state index in [1.54, 1.807) is 0 Å². The van der Waals surface area contributed by atoms with Gasteiger partial charge in [0.2, 0.25) is 0 Å². The molecule has 0 saturated carbocycles. The maximum absolute atomic E-state index is 11.3. The molecule has 0 aliphatic carbocycles. The van der Waals surface area contributed by atoms with Crippen LogP contribution in [-0.2, 0) is 4.79 Å². The van der Waals surface area contributed by atoms with Gasteiger partial charge in [-0.05, 0) is 18.2 Å². The first kappa shape index (κ1) is 11.0. The van der Waals surface area contributed by atoms with Gasteiger partial charge in [-0.3, -0.25) is 9.59 Å². The van der Waals surface area contributed by atoms with Crippen molar-refractivity contribution in [1.82, 2.24) is 0 Å². The molecule has 0 fully saturated rings. The molecule has 0 aliphatic rings. The summed E-state index contributed by atoms with van der Waals surface area (Å²) in [7, 11) is 0. The van der Waals surface area contributed by atoms with Crippen molar-refractivity contribution in [3.8, 4) is 0 Å². The molecule has 0 aliphatic heterocycles. The largest absolute Gasteiger partial charge is 0.481 e. The molecule has 3 nitrogen and oxygen atoms in total. The summed E-state index contributed by atoms with van der Waals surface area (Å²) >= 11 is 11.3. The molecule has 0 spiro atoms. The van der Waals surface area contributed by atoms with Gasteiger partial charge in [0.05, 0.1) is 5.02 Å². The number of Topliss-reactive ketones (excluding diaryl/α,β-unsaturated/α-hetero) is 1. The van der Waals surface area contributed by atoms with Crippen LogP contribution in [0.3, 0.4) is 0 Å². The Kier molecular flexibility index (Phi) is 3.49. The third-order valence-electron chi connectivity index (χ3n) is 1.54. The van der Waals surface area contributed by atoms with Gasteiger partial charge in [0.1, 0.15) is 6.42 Å². The minimum atomic E-state index is -1.18. The number of hydrogen-bond donors (Lipinski definition) is 1. The summed E-state index contributed by atoms with van der Waals surface area (Å²) in [6, 6.07) is 4.30. The fraction of sp³-hybridized carbons (Fsp3) is 0.111. The van der Waals surface area contributed by atoms with E-state index < -0.39 is 18.2 Å². The first-order chi connectivity index (χ1) is 6.50. The Morgan fingerprint density at radius 3 is 2.43 bits per heavy atom. The number of aliphatic carboxylic acids is 1. The van der Waals surface area contributed by atoms with Gasteiger partial charge in [0.25, 0.3) is 0 Å². The van der Waals surface area contributed by atoms with Crippen LogP contribution in [0.1, 0.15) is 16.8 Å². The Morgan fingerprint density at radius 2 is 1.93 bits per heavy atom. The van der Waals surface area contributed by atoms with Gasteiger partial charge in [-0.25, -0.2) is 0 Å². The SMILES string of the molecule is O=C(O)CC(=O)c1ccc(Cl)cc1Cl. The van der Waals surface area contributed by atoms with Crippen LogP contribution in [0.2, 0.25) is 10.0 Å². The van der Waals surface area contributed by atoms with E-state index in [9.17, 15) is 9.59 Å². The van der Waals surface area contributed by atoms with E-state index in [1.165, 1.54) is 18.2 Å². The minimum absolute atomic E-state index is 0.170. The highest BCUT2D eigenvalue weighted by Crippen LogP contribution is 2.21. The second kappa shape index (κ2) is 4.44. The lowest BCUT2D eigenvalue weighted by atomic mass is 10.1. The van der Waals surface area contributed by atoms with Crippen LogP contribution >= 0.6 is 23.2 Å². The third-order valence-corrected chi connectivity index (χ3v) is 2.09. The van der Waals surface area contributed by atoms with Crippen LogP contribution in [0.4, 0.5) is 0 Å². The number of carboxylic acid groups (broad SMARTS) is 1. The lowest BCUT2D eigenvalue weighted by molar-refractivity contribution is -0.135. The van der Waals surface area contributed by atoms with E-state index in [0.29, 0.717) is 5.02 Å². The zero-order valence-electron chi connectivity index (χ0n) is 6.96. The summed E-state index contributed by atoms with van der Waals surface area (Å²) < 4.78 is 0. The van der Waals surface area contributed by atoms with Crippen LogP contribution in [0, 0.1) is 0 Å². The first-order valence-corrected chi connectivity index (χ1v) is 4.46. The monoisotopic (exact) mass is 232 g/mol. The van der Waals surface area contributed by atoms with Crippen molar-refractivity contribution in [2.24, 2.45) is 0 Å². The molecule has 1 aromatic carbocycles. The highest BCUT2D eigenvalue weighted by atomic mass is 35.5. The number of rotatable bonds is 3. The van der Waals surface area contributed by atoms with Gasteiger partial charge >= 0.3 is 5.97 Å². The van der Waals surface area contributed by atoms with Gasteiger partial charge in [-0.15, -0.1) is 0 Å². The maximum atomic E-state index is 11.3. The molecule has 5 heteroatoms. The Morgan fingerprint density at radius 1 is 1.29 bits per heavy atom. The Bertz CT molecular complexity index is 388. The summed E-state index contributed by atoms with van der Waals surface area (Å²) in [5.41, 5.74) is 0.179. The van der Waals surface area contributed by atoms with E-state index >= 15 is 0 Å². The normalized spacial score (nSPS) is 9.86. The zero-order chi connectivity index (χ0) is 10.7. The van der Waals surface area contributed by atoms with Crippen molar-refractivity contribution in [3.05, 3.63) is 33.8 Å². The summed E-state index contributed by atoms with van der Waals surface area (Å²) in [4.78, 5) is 21.6. The van der Waals surface area contributed by atoms with E-state index in [-0.39, 0.29) is 10.6 Å². The molecule has 0 saturated heterocycles. The molecule has 0 radical (unpaired) electrons. The van der Waals surface area contributed by atoms with E-state index in [2.05, 4.69) is 0 Å². The molecule has 1 N–H and O–H groups in total. The fourth-order valence-electron chi connectivity index (χ4n) is 0.948. The number of carbonyl (C=O) groups excluding carboxylic acids is 1. The average molecular weight is 233 g/mol. The molecule has 1 rings (SSSR count). The molecule has 0 atom stereocenters. The molecular weight excluding hydrogens is 227 g/mol. The second-order valence-electron chi connectivity index (χ2n) is 2.62. The van der Waals surface area contributed by atoms with Crippen LogP contribution in [0.5, 0.6) is 0 Å². The second-order valence-corrected chi connectivity index (χ2v) is 3.46. The maximum Gasteiger partial charge on any atom is 0.311 e. The predicted molar refractivity (Wildman–Crippen MR) is 53.0 cm³/mol. The van der Waals surface area contributed by atoms with Crippen molar-refractivity contribution in [2.45, 2.75) is 6.42 Å². The van der Waals surface area contributed by atoms with Crippen molar-refractivity contribution >= 4 is 35.0 Å². The van der Waals surface area contributed by atoms with Crippen LogP contribution in [0.25, 0.3) is 0 Å². The Hall–Kier alpha value is -1.06. The molecule has 0 aromatic heterocycles. The van der Waals surface area contributed by atoms with Crippen LogP contribution in [0.15, 0.2) is 18.2 Å². The molecule has 0 bridgehead atoms. The van der Waals surface area contributed by atoms with E-state index in [0.717, 1.165) is 0 Å². The van der Waals surface area contributed by atoms with Gasteiger partial charge in [0, 0.05) is 10.6 Å².